The lowest BCUT2D eigenvalue weighted by Crippen LogP contribution is -2.52. The Labute approximate surface area is 114 Å². The fraction of sp³-hybridized carbons (Fsp3) is 0.733. The molecule has 0 N–H and O–H groups in total. The van der Waals surface area contributed by atoms with Crippen molar-refractivity contribution in [2.24, 2.45) is 0 Å². The summed E-state index contributed by atoms with van der Waals surface area (Å²) in [6.45, 7) is 2.22. The maximum absolute atomic E-state index is 11.7. The van der Waals surface area contributed by atoms with Crippen LogP contribution in [-0.4, -0.2) is 38.9 Å². The number of hydrogen-bond acceptors (Lipinski definition) is 3. The predicted molar refractivity (Wildman–Crippen MR) is 73.8 cm³/mol. The molecule has 0 aromatic carbocycles. The minimum atomic E-state index is 0.490. The number of ketones is 1. The van der Waals surface area contributed by atoms with Gasteiger partial charge in [0.05, 0.1) is 6.33 Å². The van der Waals surface area contributed by atoms with Gasteiger partial charge in [-0.1, -0.05) is 6.42 Å². The Morgan fingerprint density at radius 1 is 1.16 bits per heavy atom. The molecular weight excluding hydrogens is 238 g/mol. The molecule has 2 unspecified atom stereocenters. The fourth-order valence-electron chi connectivity index (χ4n) is 3.64. The van der Waals surface area contributed by atoms with E-state index in [4.69, 9.17) is 0 Å². The lowest BCUT2D eigenvalue weighted by molar-refractivity contribution is -0.127. The van der Waals surface area contributed by atoms with Gasteiger partial charge in [0.25, 0.3) is 0 Å². The van der Waals surface area contributed by atoms with Crippen LogP contribution in [0.3, 0.4) is 0 Å². The second-order valence-corrected chi connectivity index (χ2v) is 5.93. The summed E-state index contributed by atoms with van der Waals surface area (Å²) in [6, 6.07) is 1.10. The lowest BCUT2D eigenvalue weighted by atomic mass is 9.83. The van der Waals surface area contributed by atoms with Gasteiger partial charge in [-0.25, -0.2) is 4.98 Å². The number of fused-ring (bicyclic) bond motifs is 2. The second-order valence-electron chi connectivity index (χ2n) is 5.93. The van der Waals surface area contributed by atoms with Gasteiger partial charge < -0.3 is 4.57 Å². The van der Waals surface area contributed by atoms with E-state index in [-0.39, 0.29) is 0 Å². The first kappa shape index (κ1) is 12.9. The first-order valence-electron chi connectivity index (χ1n) is 7.56. The summed E-state index contributed by atoms with van der Waals surface area (Å²) in [6.07, 6.45) is 13.5. The number of hydrogen-bond donors (Lipinski definition) is 0. The van der Waals surface area contributed by atoms with Crippen LogP contribution >= 0.6 is 0 Å². The molecule has 0 radical (unpaired) electrons. The molecule has 1 aromatic rings. The zero-order chi connectivity index (χ0) is 13.1. The summed E-state index contributed by atoms with van der Waals surface area (Å²) in [5.74, 6) is 0.490. The molecule has 2 saturated heterocycles. The van der Waals surface area contributed by atoms with Crippen LogP contribution in [0.4, 0.5) is 0 Å². The molecule has 1 aromatic heterocycles. The number of Topliss-reactive ketones (excluding diaryl/α,β-unsaturated/α-hetero) is 1. The van der Waals surface area contributed by atoms with Crippen LogP contribution in [0, 0.1) is 0 Å². The number of carbonyl (C=O) groups is 1. The van der Waals surface area contributed by atoms with E-state index in [0.29, 0.717) is 17.9 Å². The van der Waals surface area contributed by atoms with Crippen molar-refractivity contribution in [2.75, 3.05) is 6.54 Å². The molecule has 3 rings (SSSR count). The number of piperidine rings is 2. The molecule has 2 aliphatic rings. The third-order valence-electron chi connectivity index (χ3n) is 4.58. The van der Waals surface area contributed by atoms with Crippen molar-refractivity contribution in [1.29, 1.82) is 0 Å². The van der Waals surface area contributed by atoms with E-state index in [0.717, 1.165) is 25.9 Å². The maximum Gasteiger partial charge on any atom is 0.136 e. The summed E-state index contributed by atoms with van der Waals surface area (Å²) < 4.78 is 2.14. The Morgan fingerprint density at radius 2 is 1.89 bits per heavy atom. The zero-order valence-corrected chi connectivity index (χ0v) is 11.5. The highest BCUT2D eigenvalue weighted by Gasteiger charge is 2.36. The molecule has 0 amide bonds. The van der Waals surface area contributed by atoms with Crippen molar-refractivity contribution in [3.63, 3.8) is 0 Å². The van der Waals surface area contributed by atoms with Crippen molar-refractivity contribution in [3.8, 4) is 0 Å². The largest absolute Gasteiger partial charge is 0.337 e. The number of imidazole rings is 1. The van der Waals surface area contributed by atoms with Gasteiger partial charge in [0.2, 0.25) is 0 Å². The molecule has 0 aliphatic carbocycles. The Morgan fingerprint density at radius 3 is 2.58 bits per heavy atom. The van der Waals surface area contributed by atoms with Crippen molar-refractivity contribution < 1.29 is 4.79 Å². The van der Waals surface area contributed by atoms with Crippen LogP contribution in [0.25, 0.3) is 0 Å². The third-order valence-corrected chi connectivity index (χ3v) is 4.58. The van der Waals surface area contributed by atoms with E-state index in [1.807, 2.05) is 18.7 Å². The van der Waals surface area contributed by atoms with Crippen LogP contribution in [0.2, 0.25) is 0 Å². The number of aryl methyl sites for hydroxylation is 1. The molecule has 104 valence electrons. The molecule has 19 heavy (non-hydrogen) atoms. The normalized spacial score (nSPS) is 27.7. The molecule has 2 atom stereocenters. The molecule has 0 saturated carbocycles. The van der Waals surface area contributed by atoms with Crippen molar-refractivity contribution >= 4 is 5.78 Å². The highest BCUT2D eigenvalue weighted by atomic mass is 16.1. The molecule has 4 heteroatoms. The number of aromatic nitrogens is 2. The minimum absolute atomic E-state index is 0.490. The third kappa shape index (κ3) is 3.06. The highest BCUT2D eigenvalue weighted by molar-refractivity contribution is 5.80. The molecule has 2 fully saturated rings. The van der Waals surface area contributed by atoms with E-state index in [9.17, 15) is 4.79 Å². The molecule has 2 aliphatic heterocycles. The van der Waals surface area contributed by atoms with E-state index in [1.54, 1.807) is 0 Å². The highest BCUT2D eigenvalue weighted by Crippen LogP contribution is 2.32. The SMILES string of the molecule is O=C1CC2CCCC(C1)N2CCCCn1ccnc1. The smallest absolute Gasteiger partial charge is 0.136 e. The molecule has 0 spiro atoms. The summed E-state index contributed by atoms with van der Waals surface area (Å²) in [5, 5.41) is 0. The second kappa shape index (κ2) is 5.87. The Bertz CT molecular complexity index is 399. The van der Waals surface area contributed by atoms with Crippen LogP contribution in [0.5, 0.6) is 0 Å². The first-order chi connectivity index (χ1) is 9.33. The van der Waals surface area contributed by atoms with Crippen LogP contribution in [-0.2, 0) is 11.3 Å². The van der Waals surface area contributed by atoms with E-state index < -0.39 is 0 Å². The fourth-order valence-corrected chi connectivity index (χ4v) is 3.64. The Kier molecular flexibility index (Phi) is 3.97. The van der Waals surface area contributed by atoms with Crippen molar-refractivity contribution in [1.82, 2.24) is 14.5 Å². The van der Waals surface area contributed by atoms with Gasteiger partial charge in [0.1, 0.15) is 5.78 Å². The number of nitrogens with zero attached hydrogens (tertiary/aromatic N) is 3. The summed E-state index contributed by atoms with van der Waals surface area (Å²) in [4.78, 5) is 18.4. The summed E-state index contributed by atoms with van der Waals surface area (Å²) in [7, 11) is 0. The van der Waals surface area contributed by atoms with E-state index in [2.05, 4.69) is 14.5 Å². The van der Waals surface area contributed by atoms with E-state index >= 15 is 0 Å². The van der Waals surface area contributed by atoms with E-state index in [1.165, 1.54) is 32.1 Å². The van der Waals surface area contributed by atoms with Crippen LogP contribution < -0.4 is 0 Å². The zero-order valence-electron chi connectivity index (χ0n) is 11.5. The van der Waals surface area contributed by atoms with Gasteiger partial charge in [0.15, 0.2) is 0 Å². The monoisotopic (exact) mass is 261 g/mol. The van der Waals surface area contributed by atoms with Gasteiger partial charge in [0, 0.05) is 43.9 Å². The number of unbranched alkanes of at least 4 members (excludes halogenated alkanes) is 1. The van der Waals surface area contributed by atoms with Gasteiger partial charge in [-0.15, -0.1) is 0 Å². The number of rotatable bonds is 5. The Balaban J connectivity index is 1.45. The first-order valence-corrected chi connectivity index (χ1v) is 7.56. The van der Waals surface area contributed by atoms with Gasteiger partial charge in [-0.3, -0.25) is 9.69 Å². The topological polar surface area (TPSA) is 38.1 Å². The summed E-state index contributed by atoms with van der Waals surface area (Å²) in [5.41, 5.74) is 0. The van der Waals surface area contributed by atoms with Crippen molar-refractivity contribution in [2.45, 2.75) is 63.6 Å². The molecule has 4 nitrogen and oxygen atoms in total. The molecule has 3 heterocycles. The summed E-state index contributed by atoms with van der Waals surface area (Å²) >= 11 is 0. The average molecular weight is 261 g/mol. The van der Waals surface area contributed by atoms with Gasteiger partial charge in [-0.05, 0) is 32.2 Å². The maximum atomic E-state index is 11.7. The predicted octanol–water partition coefficient (Wildman–Crippen LogP) is 2.25. The lowest BCUT2D eigenvalue weighted by Gasteiger charge is -2.45. The van der Waals surface area contributed by atoms with Gasteiger partial charge in [-0.2, -0.15) is 0 Å². The van der Waals surface area contributed by atoms with Crippen LogP contribution in [0.1, 0.15) is 44.9 Å². The minimum Gasteiger partial charge on any atom is -0.337 e. The van der Waals surface area contributed by atoms with Gasteiger partial charge >= 0.3 is 0 Å². The molecular formula is C15H23N3O. The quantitative estimate of drug-likeness (QED) is 0.763. The van der Waals surface area contributed by atoms with Crippen molar-refractivity contribution in [3.05, 3.63) is 18.7 Å². The van der Waals surface area contributed by atoms with Crippen LogP contribution in [0.15, 0.2) is 18.7 Å². The Hall–Kier alpha value is -1.16. The standard InChI is InChI=1S/C15H23N3O/c19-15-10-13-4-3-5-14(11-15)18(13)8-2-1-7-17-9-6-16-12-17/h6,9,12-14H,1-5,7-8,10-11H2. The average Bonchev–Trinajstić information content (AvgIpc) is 2.88. The number of carbonyl (C=O) groups excluding carboxylic acids is 1. The molecule has 2 bridgehead atoms.